The third-order valence-electron chi connectivity index (χ3n) is 6.68. The molecule has 2 N–H and O–H groups in total. The Bertz CT molecular complexity index is 671. The van der Waals surface area contributed by atoms with Crippen LogP contribution in [0, 0.1) is 5.92 Å². The number of fused-ring (bicyclic) bond motifs is 2. The predicted molar refractivity (Wildman–Crippen MR) is 105 cm³/mol. The van der Waals surface area contributed by atoms with Gasteiger partial charge in [-0.1, -0.05) is 49.6 Å². The number of nitrogens with one attached hydrogen (secondary N) is 2. The molecule has 5 nitrogen and oxygen atoms in total. The van der Waals surface area contributed by atoms with Crippen molar-refractivity contribution in [2.24, 2.45) is 5.92 Å². The highest BCUT2D eigenvalue weighted by atomic mass is 16.2. The van der Waals surface area contributed by atoms with Gasteiger partial charge in [0.25, 0.3) is 0 Å². The summed E-state index contributed by atoms with van der Waals surface area (Å²) in [5, 5.41) is 6.37. The number of piperidine rings is 1. The monoisotopic (exact) mass is 369 g/mol. The van der Waals surface area contributed by atoms with Crippen LogP contribution in [0.3, 0.4) is 0 Å². The van der Waals surface area contributed by atoms with E-state index in [1.165, 1.54) is 19.3 Å². The number of nitrogens with zero attached hydrogens (tertiary/aromatic N) is 1. The van der Waals surface area contributed by atoms with Gasteiger partial charge in [0.1, 0.15) is 6.04 Å². The first-order valence-electron chi connectivity index (χ1n) is 10.6. The normalized spacial score (nSPS) is 28.8. The van der Waals surface area contributed by atoms with Gasteiger partial charge in [0.2, 0.25) is 5.91 Å². The van der Waals surface area contributed by atoms with Gasteiger partial charge < -0.3 is 15.5 Å². The Hall–Kier alpha value is -2.04. The minimum atomic E-state index is -0.321. The predicted octanol–water partition coefficient (Wildman–Crippen LogP) is 3.76. The molecule has 1 aliphatic heterocycles. The number of hydrogen-bond acceptors (Lipinski definition) is 2. The van der Waals surface area contributed by atoms with Crippen LogP contribution in [0.15, 0.2) is 30.3 Å². The van der Waals surface area contributed by atoms with Crippen LogP contribution in [-0.2, 0) is 4.79 Å². The summed E-state index contributed by atoms with van der Waals surface area (Å²) in [6.07, 6.45) is 8.83. The second-order valence-corrected chi connectivity index (χ2v) is 8.50. The number of amides is 3. The first-order chi connectivity index (χ1) is 13.1. The summed E-state index contributed by atoms with van der Waals surface area (Å²) < 4.78 is 0. The van der Waals surface area contributed by atoms with Crippen molar-refractivity contribution in [2.45, 2.75) is 82.5 Å². The fourth-order valence-electron chi connectivity index (χ4n) is 5.24. The Morgan fingerprint density at radius 3 is 2.52 bits per heavy atom. The molecule has 1 saturated heterocycles. The molecule has 2 saturated carbocycles. The van der Waals surface area contributed by atoms with E-state index in [4.69, 9.17) is 0 Å². The molecule has 3 aliphatic rings. The molecule has 0 radical (unpaired) electrons. The van der Waals surface area contributed by atoms with E-state index in [1.807, 2.05) is 42.2 Å². The molecule has 0 spiro atoms. The lowest BCUT2D eigenvalue weighted by Crippen LogP contribution is -2.57. The molecule has 1 aromatic rings. The first-order valence-corrected chi connectivity index (χ1v) is 10.6. The van der Waals surface area contributed by atoms with E-state index in [0.717, 1.165) is 37.7 Å². The van der Waals surface area contributed by atoms with E-state index in [0.29, 0.717) is 5.92 Å². The van der Waals surface area contributed by atoms with E-state index in [-0.39, 0.29) is 36.1 Å². The Balaban J connectivity index is 1.43. The first kappa shape index (κ1) is 18.3. The fourth-order valence-corrected chi connectivity index (χ4v) is 5.24. The molecular formula is C22H31N3O2. The number of benzene rings is 1. The van der Waals surface area contributed by atoms with Crippen LogP contribution >= 0.6 is 0 Å². The zero-order valence-electron chi connectivity index (χ0n) is 16.2. The van der Waals surface area contributed by atoms with E-state index in [2.05, 4.69) is 10.6 Å². The van der Waals surface area contributed by atoms with Gasteiger partial charge in [-0.05, 0) is 50.5 Å². The molecule has 2 aliphatic carbocycles. The summed E-state index contributed by atoms with van der Waals surface area (Å²) >= 11 is 0. The summed E-state index contributed by atoms with van der Waals surface area (Å²) in [5.41, 5.74) is 1.09. The lowest BCUT2D eigenvalue weighted by Gasteiger charge is -2.36. The van der Waals surface area contributed by atoms with E-state index in [9.17, 15) is 9.59 Å². The Kier molecular flexibility index (Phi) is 5.37. The highest BCUT2D eigenvalue weighted by molar-refractivity contribution is 5.89. The molecule has 27 heavy (non-hydrogen) atoms. The summed E-state index contributed by atoms with van der Waals surface area (Å²) in [6, 6.07) is 10.1. The van der Waals surface area contributed by atoms with Gasteiger partial charge in [0.05, 0.1) is 6.04 Å². The zero-order valence-corrected chi connectivity index (χ0v) is 16.2. The molecule has 1 heterocycles. The lowest BCUT2D eigenvalue weighted by molar-refractivity contribution is -0.127. The number of carbonyl (C=O) groups excluding carboxylic acids is 2. The molecular weight excluding hydrogens is 338 g/mol. The molecule has 0 unspecified atom stereocenters. The van der Waals surface area contributed by atoms with Crippen molar-refractivity contribution in [1.82, 2.24) is 15.5 Å². The van der Waals surface area contributed by atoms with Crippen LogP contribution in [-0.4, -0.2) is 35.0 Å². The largest absolute Gasteiger partial charge is 0.348 e. The Morgan fingerprint density at radius 1 is 1.04 bits per heavy atom. The molecule has 3 amide bonds. The Labute approximate surface area is 161 Å². The maximum atomic E-state index is 13.1. The van der Waals surface area contributed by atoms with Crippen molar-refractivity contribution in [2.75, 3.05) is 0 Å². The van der Waals surface area contributed by atoms with Gasteiger partial charge in [0, 0.05) is 12.1 Å². The minimum Gasteiger partial charge on any atom is -0.348 e. The second-order valence-electron chi connectivity index (χ2n) is 8.50. The maximum absolute atomic E-state index is 13.1. The third-order valence-corrected chi connectivity index (χ3v) is 6.68. The van der Waals surface area contributed by atoms with Gasteiger partial charge in [-0.2, -0.15) is 0 Å². The average Bonchev–Trinajstić information content (AvgIpc) is 3.31. The van der Waals surface area contributed by atoms with Crippen LogP contribution in [0.4, 0.5) is 4.79 Å². The number of carbonyl (C=O) groups is 2. The number of hydrogen-bond donors (Lipinski definition) is 2. The number of rotatable bonds is 4. The molecule has 3 fully saturated rings. The van der Waals surface area contributed by atoms with Crippen molar-refractivity contribution in [3.63, 3.8) is 0 Å². The van der Waals surface area contributed by atoms with Crippen LogP contribution in [0.5, 0.6) is 0 Å². The molecule has 0 aromatic heterocycles. The van der Waals surface area contributed by atoms with Crippen molar-refractivity contribution in [1.29, 1.82) is 0 Å². The minimum absolute atomic E-state index is 0.00246. The number of likely N-dealkylation sites (tertiary alicyclic amines) is 1. The summed E-state index contributed by atoms with van der Waals surface area (Å²) in [7, 11) is 0. The Morgan fingerprint density at radius 2 is 1.78 bits per heavy atom. The third kappa shape index (κ3) is 3.83. The van der Waals surface area contributed by atoms with Crippen molar-refractivity contribution < 1.29 is 9.59 Å². The van der Waals surface area contributed by atoms with Crippen molar-refractivity contribution in [3.8, 4) is 0 Å². The zero-order chi connectivity index (χ0) is 18.8. The van der Waals surface area contributed by atoms with Crippen LogP contribution in [0.25, 0.3) is 0 Å². The second kappa shape index (κ2) is 7.91. The van der Waals surface area contributed by atoms with Gasteiger partial charge in [-0.25, -0.2) is 4.79 Å². The molecule has 146 valence electrons. The van der Waals surface area contributed by atoms with E-state index >= 15 is 0 Å². The summed E-state index contributed by atoms with van der Waals surface area (Å²) in [6.45, 7) is 2.01. The molecule has 2 bridgehead atoms. The van der Waals surface area contributed by atoms with Gasteiger partial charge in [-0.15, -0.1) is 0 Å². The summed E-state index contributed by atoms with van der Waals surface area (Å²) in [5.74, 6) is 0.299. The number of urea groups is 1. The quantitative estimate of drug-likeness (QED) is 0.849. The smallest absolute Gasteiger partial charge is 0.318 e. The molecule has 4 atom stereocenters. The highest BCUT2D eigenvalue weighted by Crippen LogP contribution is 2.42. The SMILES string of the molecule is C[C@@H](NC(=O)[C@H]1[C@H]2CC[C@@H](C2)N1C(=O)NC1CCCCC1)c1ccccc1. The van der Waals surface area contributed by atoms with Gasteiger partial charge >= 0.3 is 6.03 Å². The van der Waals surface area contributed by atoms with E-state index < -0.39 is 0 Å². The highest BCUT2D eigenvalue weighted by Gasteiger charge is 2.51. The van der Waals surface area contributed by atoms with Crippen molar-refractivity contribution >= 4 is 11.9 Å². The van der Waals surface area contributed by atoms with E-state index in [1.54, 1.807) is 0 Å². The van der Waals surface area contributed by atoms with Gasteiger partial charge in [0.15, 0.2) is 0 Å². The maximum Gasteiger partial charge on any atom is 0.318 e. The van der Waals surface area contributed by atoms with Crippen LogP contribution in [0.1, 0.15) is 69.9 Å². The standard InChI is InChI=1S/C22H31N3O2/c1-15(16-8-4-2-5-9-16)23-21(26)20-17-12-13-19(14-17)25(20)22(27)24-18-10-6-3-7-11-18/h2,4-5,8-9,15,17-20H,3,6-7,10-14H2,1H3,(H,23,26)(H,24,27)/t15-,17+,19+,20-/m1/s1. The topological polar surface area (TPSA) is 61.4 Å². The summed E-state index contributed by atoms with van der Waals surface area (Å²) in [4.78, 5) is 28.0. The average molecular weight is 370 g/mol. The van der Waals surface area contributed by atoms with Crippen LogP contribution < -0.4 is 10.6 Å². The van der Waals surface area contributed by atoms with Crippen molar-refractivity contribution in [3.05, 3.63) is 35.9 Å². The molecule has 4 rings (SSSR count). The fraction of sp³-hybridized carbons (Fsp3) is 0.636. The van der Waals surface area contributed by atoms with Crippen LogP contribution in [0.2, 0.25) is 0 Å². The lowest BCUT2D eigenvalue weighted by atomic mass is 9.95. The molecule has 5 heteroatoms. The molecule has 1 aromatic carbocycles. The van der Waals surface area contributed by atoms with Gasteiger partial charge in [-0.3, -0.25) is 4.79 Å².